The largest absolute Gasteiger partial charge is 0.455 e. The second-order valence-corrected chi connectivity index (χ2v) is 5.80. The van der Waals surface area contributed by atoms with Crippen LogP contribution in [-0.2, 0) is 26.9 Å². The predicted octanol–water partition coefficient (Wildman–Crippen LogP) is 3.65. The van der Waals surface area contributed by atoms with Crippen molar-refractivity contribution in [3.05, 3.63) is 69.3 Å². The van der Waals surface area contributed by atoms with Gasteiger partial charge in [-0.1, -0.05) is 24.3 Å². The molecule has 7 nitrogen and oxygen atoms in total. The first-order valence-corrected chi connectivity index (χ1v) is 7.93. The van der Waals surface area contributed by atoms with Gasteiger partial charge in [-0.05, 0) is 24.1 Å². The Kier molecular flexibility index (Phi) is 6.34. The molecule has 0 aromatic heterocycles. The van der Waals surface area contributed by atoms with E-state index in [0.717, 1.165) is 17.7 Å². The van der Waals surface area contributed by atoms with E-state index in [-0.39, 0.29) is 6.42 Å². The number of alkyl halides is 3. The Morgan fingerprint density at radius 1 is 1.18 bits per heavy atom. The molecule has 28 heavy (non-hydrogen) atoms. The van der Waals surface area contributed by atoms with E-state index in [9.17, 15) is 32.9 Å². The molecule has 0 heterocycles. The number of nitro groups is 1. The third kappa shape index (κ3) is 5.53. The van der Waals surface area contributed by atoms with E-state index in [2.05, 4.69) is 0 Å². The second kappa shape index (κ2) is 8.51. The summed E-state index contributed by atoms with van der Waals surface area (Å²) < 4.78 is 44.0. The maximum atomic E-state index is 13.1. The smallest absolute Gasteiger partial charge is 0.418 e. The van der Waals surface area contributed by atoms with Crippen molar-refractivity contribution in [2.75, 3.05) is 11.9 Å². The fraction of sp³-hybridized carbons (Fsp3) is 0.222. The van der Waals surface area contributed by atoms with Crippen LogP contribution in [0, 0.1) is 17.0 Å². The Labute approximate surface area is 157 Å². The van der Waals surface area contributed by atoms with Crippen LogP contribution in [0.5, 0.6) is 0 Å². The van der Waals surface area contributed by atoms with Crippen LogP contribution >= 0.6 is 0 Å². The van der Waals surface area contributed by atoms with E-state index in [1.807, 2.05) is 5.32 Å². The van der Waals surface area contributed by atoms with Crippen LogP contribution in [0.25, 0.3) is 0 Å². The zero-order valence-electron chi connectivity index (χ0n) is 14.6. The zero-order chi connectivity index (χ0) is 20.9. The van der Waals surface area contributed by atoms with Gasteiger partial charge in [-0.2, -0.15) is 13.2 Å². The number of nitrogens with one attached hydrogen (secondary N) is 1. The molecule has 2 rings (SSSR count). The normalized spacial score (nSPS) is 11.0. The molecule has 0 spiro atoms. The van der Waals surface area contributed by atoms with Crippen LogP contribution in [-0.4, -0.2) is 23.4 Å². The Morgan fingerprint density at radius 3 is 2.46 bits per heavy atom. The lowest BCUT2D eigenvalue weighted by Gasteiger charge is -2.13. The molecule has 0 unspecified atom stereocenters. The highest BCUT2D eigenvalue weighted by Crippen LogP contribution is 2.37. The summed E-state index contributed by atoms with van der Waals surface area (Å²) in [4.78, 5) is 33.3. The highest BCUT2D eigenvalue weighted by Gasteiger charge is 2.35. The summed E-state index contributed by atoms with van der Waals surface area (Å²) in [7, 11) is 0. The number of rotatable bonds is 6. The van der Waals surface area contributed by atoms with E-state index in [1.165, 1.54) is 0 Å². The summed E-state index contributed by atoms with van der Waals surface area (Å²) in [5.74, 6) is -1.72. The summed E-state index contributed by atoms with van der Waals surface area (Å²) in [5.41, 5.74) is -1.26. The van der Waals surface area contributed by atoms with Gasteiger partial charge in [0.2, 0.25) is 0 Å². The molecule has 0 bridgehead atoms. The molecule has 0 fully saturated rings. The molecule has 2 aromatic rings. The van der Waals surface area contributed by atoms with Gasteiger partial charge in [0.05, 0.1) is 22.6 Å². The Bertz CT molecular complexity index is 912. The Morgan fingerprint density at radius 2 is 1.86 bits per heavy atom. The fourth-order valence-corrected chi connectivity index (χ4v) is 2.34. The Balaban J connectivity index is 2.02. The number of hydrogen-bond acceptors (Lipinski definition) is 5. The molecule has 0 saturated heterocycles. The van der Waals surface area contributed by atoms with E-state index in [1.54, 1.807) is 31.2 Å². The summed E-state index contributed by atoms with van der Waals surface area (Å²) in [6.07, 6.45) is -5.01. The molecule has 148 valence electrons. The minimum atomic E-state index is -4.92. The van der Waals surface area contributed by atoms with Crippen molar-refractivity contribution in [2.45, 2.75) is 19.5 Å². The van der Waals surface area contributed by atoms with E-state index in [0.29, 0.717) is 11.6 Å². The summed E-state index contributed by atoms with van der Waals surface area (Å²) in [5, 5.41) is 12.6. The Hall–Kier alpha value is -3.43. The first kappa shape index (κ1) is 20.9. The molecule has 0 atom stereocenters. The molecule has 0 radical (unpaired) electrons. The number of nitro benzene ring substituents is 1. The van der Waals surface area contributed by atoms with Crippen LogP contribution < -0.4 is 5.32 Å². The van der Waals surface area contributed by atoms with Crippen molar-refractivity contribution in [1.29, 1.82) is 0 Å². The summed E-state index contributed by atoms with van der Waals surface area (Å²) in [6.45, 7) is 1.00. The van der Waals surface area contributed by atoms with Crippen molar-refractivity contribution in [3.63, 3.8) is 0 Å². The summed E-state index contributed by atoms with van der Waals surface area (Å²) in [6, 6.07) is 8.95. The molecule has 2 aromatic carbocycles. The first-order valence-electron chi connectivity index (χ1n) is 7.93. The van der Waals surface area contributed by atoms with Crippen LogP contribution in [0.3, 0.4) is 0 Å². The maximum Gasteiger partial charge on any atom is 0.418 e. The predicted molar refractivity (Wildman–Crippen MR) is 92.6 cm³/mol. The first-order chi connectivity index (χ1) is 13.1. The average molecular weight is 396 g/mol. The lowest BCUT2D eigenvalue weighted by Crippen LogP contribution is -2.23. The number of aryl methyl sites for hydroxylation is 1. The van der Waals surface area contributed by atoms with Gasteiger partial charge in [-0.25, -0.2) is 0 Å². The number of esters is 1. The van der Waals surface area contributed by atoms with Crippen molar-refractivity contribution in [3.8, 4) is 0 Å². The average Bonchev–Trinajstić information content (AvgIpc) is 2.61. The zero-order valence-corrected chi connectivity index (χ0v) is 14.6. The monoisotopic (exact) mass is 396 g/mol. The van der Waals surface area contributed by atoms with Gasteiger partial charge in [0.15, 0.2) is 6.61 Å². The quantitative estimate of drug-likeness (QED) is 0.457. The topological polar surface area (TPSA) is 98.5 Å². The van der Waals surface area contributed by atoms with Crippen LogP contribution in [0.1, 0.15) is 16.7 Å². The number of hydrogen-bond donors (Lipinski definition) is 1. The van der Waals surface area contributed by atoms with Crippen molar-refractivity contribution >= 4 is 23.3 Å². The molecule has 0 aliphatic rings. The minimum Gasteiger partial charge on any atom is -0.455 e. The standard InChI is InChI=1S/C18H15F3N2O5/c1-11-4-2-3-5-12(11)8-17(25)28-10-16(24)22-15-7-6-13(23(26)27)9-14(15)18(19,20)21/h2-7,9H,8,10H2,1H3,(H,22,24). The van der Waals surface area contributed by atoms with Gasteiger partial charge in [0, 0.05) is 12.1 Å². The number of halogens is 3. The SMILES string of the molecule is Cc1ccccc1CC(=O)OCC(=O)Nc1ccc([N+](=O)[O-])cc1C(F)(F)F. The van der Waals surface area contributed by atoms with Gasteiger partial charge in [0.1, 0.15) is 0 Å². The van der Waals surface area contributed by atoms with Gasteiger partial charge >= 0.3 is 12.1 Å². The molecule has 1 N–H and O–H groups in total. The van der Waals surface area contributed by atoms with E-state index < -0.39 is 46.5 Å². The van der Waals surface area contributed by atoms with Gasteiger partial charge in [-0.15, -0.1) is 0 Å². The van der Waals surface area contributed by atoms with Gasteiger partial charge < -0.3 is 10.1 Å². The highest BCUT2D eigenvalue weighted by molar-refractivity contribution is 5.93. The molecule has 0 aliphatic heterocycles. The van der Waals surface area contributed by atoms with E-state index >= 15 is 0 Å². The van der Waals surface area contributed by atoms with Crippen molar-refractivity contribution < 1.29 is 32.4 Å². The number of carbonyl (C=O) groups is 2. The van der Waals surface area contributed by atoms with E-state index in [4.69, 9.17) is 4.74 Å². The van der Waals surface area contributed by atoms with Gasteiger partial charge in [-0.3, -0.25) is 19.7 Å². The van der Waals surface area contributed by atoms with Crippen LogP contribution in [0.4, 0.5) is 24.5 Å². The molecule has 0 saturated carbocycles. The molecule has 1 amide bonds. The van der Waals surface area contributed by atoms with Crippen molar-refractivity contribution in [1.82, 2.24) is 0 Å². The van der Waals surface area contributed by atoms with Crippen molar-refractivity contribution in [2.24, 2.45) is 0 Å². The number of nitrogens with zero attached hydrogens (tertiary/aromatic N) is 1. The van der Waals surface area contributed by atoms with Crippen LogP contribution in [0.15, 0.2) is 42.5 Å². The second-order valence-electron chi connectivity index (χ2n) is 5.80. The number of anilines is 1. The molecular formula is C18H15F3N2O5. The fourth-order valence-electron chi connectivity index (χ4n) is 2.34. The number of non-ortho nitro benzene ring substituents is 1. The third-order valence-electron chi connectivity index (χ3n) is 3.75. The third-order valence-corrected chi connectivity index (χ3v) is 3.75. The van der Waals surface area contributed by atoms with Crippen LogP contribution in [0.2, 0.25) is 0 Å². The number of amides is 1. The minimum absolute atomic E-state index is 0.0920. The number of carbonyl (C=O) groups excluding carboxylic acids is 2. The lowest BCUT2D eigenvalue weighted by molar-refractivity contribution is -0.385. The lowest BCUT2D eigenvalue weighted by atomic mass is 10.1. The molecule has 10 heteroatoms. The number of ether oxygens (including phenoxy) is 1. The molecule has 0 aliphatic carbocycles. The van der Waals surface area contributed by atoms with Gasteiger partial charge in [0.25, 0.3) is 11.6 Å². The highest BCUT2D eigenvalue weighted by atomic mass is 19.4. The maximum absolute atomic E-state index is 13.1. The summed E-state index contributed by atoms with van der Waals surface area (Å²) >= 11 is 0. The molecular weight excluding hydrogens is 381 g/mol. The number of benzene rings is 2.